The van der Waals surface area contributed by atoms with Crippen LogP contribution < -0.4 is 0 Å². The van der Waals surface area contributed by atoms with Crippen LogP contribution in [0.2, 0.25) is 5.02 Å². The molecule has 1 heterocycles. The topological polar surface area (TPSA) is 43.3 Å². The predicted octanol–water partition coefficient (Wildman–Crippen LogP) is 3.96. The summed E-state index contributed by atoms with van der Waals surface area (Å²) in [5.74, 6) is -0.164. The molecule has 0 N–H and O–H groups in total. The van der Waals surface area contributed by atoms with Gasteiger partial charge in [0.05, 0.1) is 10.6 Å². The summed E-state index contributed by atoms with van der Waals surface area (Å²) in [7, 11) is 0. The molecule has 0 aliphatic carbocycles. The fourth-order valence-electron chi connectivity index (χ4n) is 1.25. The van der Waals surface area contributed by atoms with Gasteiger partial charge in [0.1, 0.15) is 0 Å². The average molecular weight is 274 g/mol. The quantitative estimate of drug-likeness (QED) is 0.739. The van der Waals surface area contributed by atoms with E-state index in [9.17, 15) is 13.2 Å². The maximum atomic E-state index is 12.6. The first-order valence-electron chi connectivity index (χ1n) is 4.50. The predicted molar refractivity (Wildman–Crippen MR) is 56.0 cm³/mol. The first-order valence-corrected chi connectivity index (χ1v) is 4.87. The molecular formula is C10H3ClF3N3O. The van der Waals surface area contributed by atoms with Crippen LogP contribution in [0.3, 0.4) is 0 Å². The van der Waals surface area contributed by atoms with Gasteiger partial charge in [0.15, 0.2) is 0 Å². The molecule has 0 bridgehead atoms. The summed E-state index contributed by atoms with van der Waals surface area (Å²) >= 11 is 5.47. The van der Waals surface area contributed by atoms with E-state index in [1.807, 2.05) is 0 Å². The number of rotatable bonds is 1. The molecule has 2 rings (SSSR count). The second kappa shape index (κ2) is 4.31. The van der Waals surface area contributed by atoms with Crippen molar-refractivity contribution < 1.29 is 17.6 Å². The number of nitrogens with zero attached hydrogens (tertiary/aromatic N) is 3. The van der Waals surface area contributed by atoms with Crippen molar-refractivity contribution in [3.05, 3.63) is 40.2 Å². The summed E-state index contributed by atoms with van der Waals surface area (Å²) in [6, 6.07) is 2.84. The molecule has 0 spiro atoms. The Balaban J connectivity index is 2.51. The number of aromatic nitrogens is 2. The molecule has 0 aliphatic rings. The third kappa shape index (κ3) is 2.28. The van der Waals surface area contributed by atoms with Gasteiger partial charge in [0, 0.05) is 10.7 Å². The molecule has 0 saturated carbocycles. The van der Waals surface area contributed by atoms with Crippen molar-refractivity contribution in [2.24, 2.45) is 0 Å². The van der Waals surface area contributed by atoms with Crippen LogP contribution in [0.5, 0.6) is 0 Å². The molecule has 0 fully saturated rings. The molecule has 4 nitrogen and oxygen atoms in total. The molecular weight excluding hydrogens is 271 g/mol. The zero-order chi connectivity index (χ0) is 13.3. The largest absolute Gasteiger partial charge is 0.475 e. The van der Waals surface area contributed by atoms with Crippen LogP contribution in [0, 0.1) is 6.57 Å². The van der Waals surface area contributed by atoms with Gasteiger partial charge >= 0.3 is 12.2 Å². The van der Waals surface area contributed by atoms with Crippen molar-refractivity contribution in [2.45, 2.75) is 6.18 Å². The van der Waals surface area contributed by atoms with Crippen LogP contribution in [-0.2, 0) is 6.18 Å². The van der Waals surface area contributed by atoms with Crippen molar-refractivity contribution >= 4 is 17.6 Å². The van der Waals surface area contributed by atoms with E-state index in [-0.39, 0.29) is 17.5 Å². The minimum absolute atomic E-state index is 0.0501. The number of hydrogen-bond acceptors (Lipinski definition) is 3. The molecule has 0 unspecified atom stereocenters. The first-order chi connectivity index (χ1) is 8.41. The molecule has 0 saturated heterocycles. The van der Waals surface area contributed by atoms with Crippen LogP contribution in [0.15, 0.2) is 22.6 Å². The van der Waals surface area contributed by atoms with Gasteiger partial charge in [-0.2, -0.15) is 13.2 Å². The van der Waals surface area contributed by atoms with Crippen molar-refractivity contribution in [3.8, 4) is 11.5 Å². The van der Waals surface area contributed by atoms with E-state index >= 15 is 0 Å². The smallest absolute Gasteiger partial charge is 0.444 e. The average Bonchev–Trinajstić information content (AvgIpc) is 2.76. The molecule has 0 amide bonds. The van der Waals surface area contributed by atoms with Crippen molar-refractivity contribution in [1.82, 2.24) is 10.2 Å². The van der Waals surface area contributed by atoms with E-state index in [2.05, 4.69) is 15.0 Å². The molecule has 1 aromatic carbocycles. The SMILES string of the molecule is [C-]#[N+]c1nnc(-c2ccc(Cl)c(C(F)(F)F)c2)o1. The van der Waals surface area contributed by atoms with Crippen molar-refractivity contribution in [3.63, 3.8) is 0 Å². The van der Waals surface area contributed by atoms with E-state index in [4.69, 9.17) is 22.6 Å². The standard InChI is InChI=1S/C10H3ClF3N3O/c1-15-9-17-16-8(18-9)5-2-3-7(11)6(4-5)10(12,13)14/h2-4H. The Hall–Kier alpha value is -2.07. The zero-order valence-corrected chi connectivity index (χ0v) is 9.25. The first kappa shape index (κ1) is 12.4. The van der Waals surface area contributed by atoms with Crippen LogP contribution >= 0.6 is 11.6 Å². The highest BCUT2D eigenvalue weighted by atomic mass is 35.5. The number of benzene rings is 1. The lowest BCUT2D eigenvalue weighted by Gasteiger charge is -2.09. The summed E-state index contributed by atoms with van der Waals surface area (Å²) in [6.07, 6.45) is -4.57. The fourth-order valence-corrected chi connectivity index (χ4v) is 1.48. The number of halogens is 4. The van der Waals surface area contributed by atoms with Gasteiger partial charge in [0.2, 0.25) is 0 Å². The van der Waals surface area contributed by atoms with Gasteiger partial charge in [-0.05, 0) is 23.3 Å². The monoisotopic (exact) mass is 273 g/mol. The van der Waals surface area contributed by atoms with E-state index in [0.29, 0.717) is 0 Å². The van der Waals surface area contributed by atoms with Gasteiger partial charge in [-0.25, -0.2) is 0 Å². The van der Waals surface area contributed by atoms with Crippen molar-refractivity contribution in [1.29, 1.82) is 0 Å². The van der Waals surface area contributed by atoms with Gasteiger partial charge in [-0.1, -0.05) is 18.2 Å². The lowest BCUT2D eigenvalue weighted by atomic mass is 10.1. The normalized spacial score (nSPS) is 11.3. The Labute approximate surface area is 104 Å². The van der Waals surface area contributed by atoms with Gasteiger partial charge < -0.3 is 9.26 Å². The summed E-state index contributed by atoms with van der Waals surface area (Å²) in [5.41, 5.74) is -0.946. The molecule has 0 radical (unpaired) electrons. The highest BCUT2D eigenvalue weighted by Crippen LogP contribution is 2.37. The van der Waals surface area contributed by atoms with Crippen LogP contribution in [0.25, 0.3) is 16.3 Å². The van der Waals surface area contributed by atoms with E-state index < -0.39 is 16.8 Å². The molecule has 8 heteroatoms. The Morgan fingerprint density at radius 1 is 1.28 bits per heavy atom. The Bertz CT molecular complexity index is 630. The Morgan fingerprint density at radius 2 is 2.00 bits per heavy atom. The van der Waals surface area contributed by atoms with Crippen molar-refractivity contribution in [2.75, 3.05) is 0 Å². The lowest BCUT2D eigenvalue weighted by Crippen LogP contribution is -2.05. The fraction of sp³-hybridized carbons (Fsp3) is 0.100. The second-order valence-corrected chi connectivity index (χ2v) is 3.60. The van der Waals surface area contributed by atoms with Crippen LogP contribution in [0.1, 0.15) is 5.56 Å². The summed E-state index contributed by atoms with van der Waals surface area (Å²) in [4.78, 5) is 2.87. The number of hydrogen-bond donors (Lipinski definition) is 0. The molecule has 0 aliphatic heterocycles. The second-order valence-electron chi connectivity index (χ2n) is 3.19. The third-order valence-electron chi connectivity index (χ3n) is 2.03. The van der Waals surface area contributed by atoms with E-state index in [1.54, 1.807) is 0 Å². The van der Waals surface area contributed by atoms with Crippen LogP contribution in [-0.4, -0.2) is 10.2 Å². The minimum Gasteiger partial charge on any atom is -0.444 e. The molecule has 2 aromatic rings. The molecule has 18 heavy (non-hydrogen) atoms. The summed E-state index contributed by atoms with van der Waals surface area (Å²) in [5, 5.41) is 6.39. The van der Waals surface area contributed by atoms with E-state index in [1.165, 1.54) is 6.07 Å². The number of alkyl halides is 3. The molecule has 92 valence electrons. The third-order valence-corrected chi connectivity index (χ3v) is 2.36. The maximum Gasteiger partial charge on any atom is 0.475 e. The highest BCUT2D eigenvalue weighted by molar-refractivity contribution is 6.31. The summed E-state index contributed by atoms with van der Waals surface area (Å²) in [6.45, 7) is 6.62. The van der Waals surface area contributed by atoms with Gasteiger partial charge in [-0.15, -0.1) is 0 Å². The summed E-state index contributed by atoms with van der Waals surface area (Å²) < 4.78 is 42.7. The molecule has 0 atom stereocenters. The maximum absolute atomic E-state index is 12.6. The van der Waals surface area contributed by atoms with Gasteiger partial charge in [-0.3, -0.25) is 0 Å². The Morgan fingerprint density at radius 3 is 2.56 bits per heavy atom. The highest BCUT2D eigenvalue weighted by Gasteiger charge is 2.33. The van der Waals surface area contributed by atoms with Crippen LogP contribution in [0.4, 0.5) is 19.2 Å². The lowest BCUT2D eigenvalue weighted by molar-refractivity contribution is -0.137. The molecule has 1 aromatic heterocycles. The zero-order valence-electron chi connectivity index (χ0n) is 8.49. The van der Waals surface area contributed by atoms with Gasteiger partial charge in [0.25, 0.3) is 5.89 Å². The van der Waals surface area contributed by atoms with E-state index in [0.717, 1.165) is 12.1 Å². The Kier molecular flexibility index (Phi) is 2.97. The minimum atomic E-state index is -4.57.